The molecular weight excluding hydrogens is 234 g/mol. The minimum absolute atomic E-state index is 0.0286. The second-order valence-electron chi connectivity index (χ2n) is 3.83. The summed E-state index contributed by atoms with van der Waals surface area (Å²) in [5, 5.41) is 11.3. The van der Waals surface area contributed by atoms with E-state index < -0.39 is 11.9 Å². The zero-order valence-electron chi connectivity index (χ0n) is 10.5. The standard InChI is InChI=1S/C13H15NO4/c1-8-4-5-11(18-3)10(6-8)14-12(15)7-9(2)13(16)17/h4-7H,1-3H3,(H,14,15)(H,16,17)/b9-7+. The summed E-state index contributed by atoms with van der Waals surface area (Å²) < 4.78 is 5.10. The van der Waals surface area contributed by atoms with Crippen molar-refractivity contribution in [3.8, 4) is 5.75 Å². The molecule has 1 amide bonds. The van der Waals surface area contributed by atoms with Crippen LogP contribution in [0.5, 0.6) is 5.75 Å². The van der Waals surface area contributed by atoms with Gasteiger partial charge in [0.15, 0.2) is 0 Å². The Hall–Kier alpha value is -2.30. The molecule has 0 aliphatic rings. The lowest BCUT2D eigenvalue weighted by Gasteiger charge is -2.09. The van der Waals surface area contributed by atoms with Gasteiger partial charge in [-0.3, -0.25) is 4.79 Å². The minimum atomic E-state index is -1.12. The van der Waals surface area contributed by atoms with E-state index in [1.807, 2.05) is 13.0 Å². The van der Waals surface area contributed by atoms with E-state index in [1.54, 1.807) is 12.1 Å². The van der Waals surface area contributed by atoms with E-state index in [0.717, 1.165) is 11.6 Å². The zero-order chi connectivity index (χ0) is 13.7. The van der Waals surface area contributed by atoms with Crippen molar-refractivity contribution in [1.29, 1.82) is 0 Å². The van der Waals surface area contributed by atoms with Gasteiger partial charge in [-0.2, -0.15) is 0 Å². The lowest BCUT2D eigenvalue weighted by atomic mass is 10.2. The monoisotopic (exact) mass is 249 g/mol. The van der Waals surface area contributed by atoms with Crippen molar-refractivity contribution in [3.05, 3.63) is 35.4 Å². The largest absolute Gasteiger partial charge is 0.495 e. The molecule has 1 rings (SSSR count). The van der Waals surface area contributed by atoms with E-state index in [9.17, 15) is 9.59 Å². The number of amides is 1. The molecule has 5 nitrogen and oxygen atoms in total. The fraction of sp³-hybridized carbons (Fsp3) is 0.231. The maximum atomic E-state index is 11.6. The number of methoxy groups -OCH3 is 1. The van der Waals surface area contributed by atoms with E-state index >= 15 is 0 Å². The van der Waals surface area contributed by atoms with Crippen molar-refractivity contribution in [2.75, 3.05) is 12.4 Å². The molecule has 0 heterocycles. The van der Waals surface area contributed by atoms with Gasteiger partial charge in [0.25, 0.3) is 0 Å². The SMILES string of the molecule is COc1ccc(C)cc1NC(=O)/C=C(\C)C(=O)O. The molecule has 1 aromatic rings. The number of nitrogens with one attached hydrogen (secondary N) is 1. The number of ether oxygens (including phenoxy) is 1. The molecule has 0 aromatic heterocycles. The van der Waals surface area contributed by atoms with Gasteiger partial charge in [0.2, 0.25) is 5.91 Å². The fourth-order valence-corrected chi connectivity index (χ4v) is 1.35. The van der Waals surface area contributed by atoms with E-state index in [-0.39, 0.29) is 5.57 Å². The molecular formula is C13H15NO4. The summed E-state index contributed by atoms with van der Waals surface area (Å²) in [6.07, 6.45) is 1.03. The van der Waals surface area contributed by atoms with Crippen LogP contribution in [0.15, 0.2) is 29.8 Å². The van der Waals surface area contributed by atoms with Crippen LogP contribution in [0, 0.1) is 6.92 Å². The summed E-state index contributed by atoms with van der Waals surface area (Å²) in [4.78, 5) is 22.2. The molecule has 1 aromatic carbocycles. The predicted molar refractivity (Wildman–Crippen MR) is 67.8 cm³/mol. The van der Waals surface area contributed by atoms with Gasteiger partial charge >= 0.3 is 5.97 Å². The Morgan fingerprint density at radius 1 is 1.39 bits per heavy atom. The highest BCUT2D eigenvalue weighted by Crippen LogP contribution is 2.25. The molecule has 0 spiro atoms. The molecule has 0 fully saturated rings. The molecule has 0 saturated carbocycles. The van der Waals surface area contributed by atoms with Crippen LogP contribution in [0.2, 0.25) is 0 Å². The van der Waals surface area contributed by atoms with Crippen LogP contribution < -0.4 is 10.1 Å². The second-order valence-corrected chi connectivity index (χ2v) is 3.83. The summed E-state index contributed by atoms with van der Waals surface area (Å²) in [7, 11) is 1.50. The first kappa shape index (κ1) is 13.8. The number of anilines is 1. The number of carbonyl (C=O) groups excluding carboxylic acids is 1. The highest BCUT2D eigenvalue weighted by Gasteiger charge is 2.08. The fourth-order valence-electron chi connectivity index (χ4n) is 1.35. The lowest BCUT2D eigenvalue weighted by Crippen LogP contribution is -2.11. The van der Waals surface area contributed by atoms with Crippen molar-refractivity contribution in [3.63, 3.8) is 0 Å². The number of carboxylic acid groups (broad SMARTS) is 1. The van der Waals surface area contributed by atoms with Crippen LogP contribution in [0.3, 0.4) is 0 Å². The number of aryl methyl sites for hydroxylation is 1. The van der Waals surface area contributed by atoms with E-state index in [2.05, 4.69) is 5.32 Å². The summed E-state index contributed by atoms with van der Waals surface area (Å²) >= 11 is 0. The summed E-state index contributed by atoms with van der Waals surface area (Å²) in [5.74, 6) is -1.10. The Morgan fingerprint density at radius 3 is 2.61 bits per heavy atom. The Morgan fingerprint density at radius 2 is 2.06 bits per heavy atom. The van der Waals surface area contributed by atoms with Crippen LogP contribution >= 0.6 is 0 Å². The Kier molecular flexibility index (Phi) is 4.48. The first-order chi connectivity index (χ1) is 8.43. The topological polar surface area (TPSA) is 75.6 Å². The van der Waals surface area contributed by atoms with E-state index in [4.69, 9.17) is 9.84 Å². The predicted octanol–water partition coefficient (Wildman–Crippen LogP) is 1.97. The molecule has 0 bridgehead atoms. The zero-order valence-corrected chi connectivity index (χ0v) is 10.5. The van der Waals surface area contributed by atoms with Crippen molar-refractivity contribution in [1.82, 2.24) is 0 Å². The van der Waals surface area contributed by atoms with Gasteiger partial charge in [0.05, 0.1) is 12.8 Å². The maximum Gasteiger partial charge on any atom is 0.331 e. The van der Waals surface area contributed by atoms with Crippen LogP contribution in [0.4, 0.5) is 5.69 Å². The van der Waals surface area contributed by atoms with Gasteiger partial charge in [-0.1, -0.05) is 6.07 Å². The Labute approximate surface area is 105 Å². The number of rotatable bonds is 4. The van der Waals surface area contributed by atoms with Crippen molar-refractivity contribution in [2.24, 2.45) is 0 Å². The number of carbonyl (C=O) groups is 2. The van der Waals surface area contributed by atoms with Crippen LogP contribution in [-0.2, 0) is 9.59 Å². The third-order valence-corrected chi connectivity index (χ3v) is 2.30. The van der Waals surface area contributed by atoms with Crippen molar-refractivity contribution < 1.29 is 19.4 Å². The number of benzene rings is 1. The summed E-state index contributed by atoms with van der Waals surface area (Å²) in [6, 6.07) is 5.34. The average Bonchev–Trinajstić information content (AvgIpc) is 2.28. The van der Waals surface area contributed by atoms with Gasteiger partial charge < -0.3 is 15.2 Å². The molecule has 2 N–H and O–H groups in total. The number of aliphatic carboxylic acids is 1. The van der Waals surface area contributed by atoms with Crippen LogP contribution in [0.25, 0.3) is 0 Å². The van der Waals surface area contributed by atoms with Crippen LogP contribution in [-0.4, -0.2) is 24.1 Å². The smallest absolute Gasteiger partial charge is 0.331 e. The molecule has 0 atom stereocenters. The molecule has 0 radical (unpaired) electrons. The van der Waals surface area contributed by atoms with E-state index in [0.29, 0.717) is 11.4 Å². The third kappa shape index (κ3) is 3.62. The van der Waals surface area contributed by atoms with Gasteiger partial charge in [0, 0.05) is 11.6 Å². The van der Waals surface area contributed by atoms with Gasteiger partial charge in [0.1, 0.15) is 5.75 Å². The minimum Gasteiger partial charge on any atom is -0.495 e. The summed E-state index contributed by atoms with van der Waals surface area (Å²) in [6.45, 7) is 3.24. The molecule has 0 unspecified atom stereocenters. The van der Waals surface area contributed by atoms with Crippen molar-refractivity contribution in [2.45, 2.75) is 13.8 Å². The Balaban J connectivity index is 2.91. The van der Waals surface area contributed by atoms with Crippen molar-refractivity contribution >= 4 is 17.6 Å². The third-order valence-electron chi connectivity index (χ3n) is 2.30. The first-order valence-corrected chi connectivity index (χ1v) is 5.31. The van der Waals surface area contributed by atoms with Crippen LogP contribution in [0.1, 0.15) is 12.5 Å². The quantitative estimate of drug-likeness (QED) is 0.800. The molecule has 0 aliphatic heterocycles. The molecule has 0 saturated heterocycles. The highest BCUT2D eigenvalue weighted by molar-refractivity contribution is 6.04. The molecule has 96 valence electrons. The molecule has 0 aliphatic carbocycles. The molecule has 5 heteroatoms. The normalized spacial score (nSPS) is 10.9. The van der Waals surface area contributed by atoms with Gasteiger partial charge in [-0.25, -0.2) is 4.79 Å². The maximum absolute atomic E-state index is 11.6. The number of hydrogen-bond acceptors (Lipinski definition) is 3. The highest BCUT2D eigenvalue weighted by atomic mass is 16.5. The second kappa shape index (κ2) is 5.86. The van der Waals surface area contributed by atoms with Gasteiger partial charge in [-0.15, -0.1) is 0 Å². The first-order valence-electron chi connectivity index (χ1n) is 5.31. The van der Waals surface area contributed by atoms with E-state index in [1.165, 1.54) is 14.0 Å². The number of hydrogen-bond donors (Lipinski definition) is 2. The molecule has 18 heavy (non-hydrogen) atoms. The lowest BCUT2D eigenvalue weighted by molar-refractivity contribution is -0.132. The Bertz CT molecular complexity index is 506. The summed E-state index contributed by atoms with van der Waals surface area (Å²) in [5.41, 5.74) is 1.45. The average molecular weight is 249 g/mol. The number of carboxylic acids is 1. The van der Waals surface area contributed by atoms with Gasteiger partial charge in [-0.05, 0) is 31.5 Å².